The van der Waals surface area contributed by atoms with Crippen LogP contribution in [-0.4, -0.2) is 24.6 Å². The molecule has 118 valence electrons. The third kappa shape index (κ3) is 5.09. The topological polar surface area (TPSA) is 70.6 Å². The Morgan fingerprint density at radius 3 is 2.35 bits per heavy atom. The molecule has 0 aliphatic rings. The van der Waals surface area contributed by atoms with E-state index < -0.39 is 11.8 Å². The maximum Gasteiger partial charge on any atom is 0.259 e. The van der Waals surface area contributed by atoms with Crippen LogP contribution < -0.4 is 10.7 Å². The molecular formula is C16H13Cl2N3O2. The van der Waals surface area contributed by atoms with Crippen molar-refractivity contribution in [3.63, 3.8) is 0 Å². The van der Waals surface area contributed by atoms with Crippen molar-refractivity contribution in [2.24, 2.45) is 5.10 Å². The third-order valence-electron chi connectivity index (χ3n) is 2.83. The zero-order valence-corrected chi connectivity index (χ0v) is 13.4. The third-order valence-corrected chi connectivity index (χ3v) is 3.50. The number of nitrogens with one attached hydrogen (secondary N) is 2. The van der Waals surface area contributed by atoms with Crippen molar-refractivity contribution >= 4 is 41.2 Å². The molecule has 0 aliphatic heterocycles. The monoisotopic (exact) mass is 349 g/mol. The molecule has 2 aromatic carbocycles. The second-order valence-corrected chi connectivity index (χ2v) is 5.29. The van der Waals surface area contributed by atoms with Gasteiger partial charge in [0.15, 0.2) is 0 Å². The van der Waals surface area contributed by atoms with Gasteiger partial charge in [-0.15, -0.1) is 0 Å². The molecule has 2 rings (SSSR count). The predicted molar refractivity (Wildman–Crippen MR) is 91.0 cm³/mol. The first-order chi connectivity index (χ1) is 11.1. The Labute approximate surface area is 143 Å². The number of carbonyl (C=O) groups is 2. The maximum absolute atomic E-state index is 11.9. The molecule has 7 heteroatoms. The molecule has 23 heavy (non-hydrogen) atoms. The summed E-state index contributed by atoms with van der Waals surface area (Å²) in [7, 11) is 0. The fourth-order valence-corrected chi connectivity index (χ4v) is 2.10. The molecule has 0 bridgehead atoms. The lowest BCUT2D eigenvalue weighted by Crippen LogP contribution is -2.35. The summed E-state index contributed by atoms with van der Waals surface area (Å²) in [6.45, 7) is -0.218. The van der Waals surface area contributed by atoms with Crippen molar-refractivity contribution in [2.45, 2.75) is 0 Å². The smallest absolute Gasteiger partial charge is 0.259 e. The fraction of sp³-hybridized carbons (Fsp3) is 0.0625. The largest absolute Gasteiger partial charge is 0.343 e. The summed E-state index contributed by atoms with van der Waals surface area (Å²) in [5.74, 6) is -0.894. The molecule has 0 unspecified atom stereocenters. The van der Waals surface area contributed by atoms with Gasteiger partial charge in [-0.1, -0.05) is 53.5 Å². The average Bonchev–Trinajstić information content (AvgIpc) is 2.55. The highest BCUT2D eigenvalue weighted by molar-refractivity contribution is 6.34. The number of benzene rings is 2. The van der Waals surface area contributed by atoms with Gasteiger partial charge in [-0.25, -0.2) is 5.43 Å². The first-order valence-electron chi connectivity index (χ1n) is 6.67. The zero-order chi connectivity index (χ0) is 16.7. The van der Waals surface area contributed by atoms with Crippen LogP contribution in [0.1, 0.15) is 15.9 Å². The van der Waals surface area contributed by atoms with Crippen LogP contribution in [-0.2, 0) is 4.79 Å². The molecule has 0 fully saturated rings. The number of hydrogen-bond acceptors (Lipinski definition) is 3. The highest BCUT2D eigenvalue weighted by Crippen LogP contribution is 2.14. The van der Waals surface area contributed by atoms with E-state index in [0.717, 1.165) is 0 Å². The zero-order valence-electron chi connectivity index (χ0n) is 11.9. The molecule has 0 aliphatic carbocycles. The van der Waals surface area contributed by atoms with Gasteiger partial charge in [-0.2, -0.15) is 5.10 Å². The standard InChI is InChI=1S/C16H13Cl2N3O2/c17-13-7-3-1-5-11(13)9-20-21-15(22)10-19-16(23)12-6-2-4-8-14(12)18/h1-9H,10H2,(H,19,23)(H,21,22). The molecule has 0 aromatic heterocycles. The maximum atomic E-state index is 11.9. The highest BCUT2D eigenvalue weighted by Gasteiger charge is 2.10. The van der Waals surface area contributed by atoms with E-state index in [1.54, 1.807) is 48.5 Å². The minimum atomic E-state index is -0.464. The lowest BCUT2D eigenvalue weighted by atomic mass is 10.2. The van der Waals surface area contributed by atoms with Crippen LogP contribution in [0.5, 0.6) is 0 Å². The molecule has 0 radical (unpaired) electrons. The van der Waals surface area contributed by atoms with Gasteiger partial charge in [-0.3, -0.25) is 9.59 Å². The van der Waals surface area contributed by atoms with E-state index in [0.29, 0.717) is 21.2 Å². The normalized spacial score (nSPS) is 10.5. The Kier molecular flexibility index (Phi) is 6.14. The molecular weight excluding hydrogens is 337 g/mol. The molecule has 2 amide bonds. The van der Waals surface area contributed by atoms with E-state index in [2.05, 4.69) is 15.8 Å². The van der Waals surface area contributed by atoms with Gasteiger partial charge in [-0.05, 0) is 18.2 Å². The molecule has 0 atom stereocenters. The van der Waals surface area contributed by atoms with E-state index in [9.17, 15) is 9.59 Å². The fourth-order valence-electron chi connectivity index (χ4n) is 1.69. The van der Waals surface area contributed by atoms with Crippen LogP contribution in [0.2, 0.25) is 10.0 Å². The molecule has 0 spiro atoms. The van der Waals surface area contributed by atoms with Crippen molar-refractivity contribution in [2.75, 3.05) is 6.54 Å². The van der Waals surface area contributed by atoms with E-state index in [-0.39, 0.29) is 6.54 Å². The van der Waals surface area contributed by atoms with E-state index >= 15 is 0 Å². The summed E-state index contributed by atoms with van der Waals surface area (Å²) in [6, 6.07) is 13.7. The lowest BCUT2D eigenvalue weighted by molar-refractivity contribution is -0.120. The first kappa shape index (κ1) is 17.0. The van der Waals surface area contributed by atoms with Gasteiger partial charge in [0.05, 0.1) is 23.3 Å². The quantitative estimate of drug-likeness (QED) is 0.643. The van der Waals surface area contributed by atoms with Crippen LogP contribution in [0.4, 0.5) is 0 Å². The van der Waals surface area contributed by atoms with Crippen molar-refractivity contribution in [1.29, 1.82) is 0 Å². The average molecular weight is 350 g/mol. The first-order valence-corrected chi connectivity index (χ1v) is 7.42. The van der Waals surface area contributed by atoms with Crippen molar-refractivity contribution in [3.8, 4) is 0 Å². The number of carbonyl (C=O) groups excluding carboxylic acids is 2. The van der Waals surface area contributed by atoms with E-state index in [1.165, 1.54) is 6.21 Å². The van der Waals surface area contributed by atoms with Gasteiger partial charge >= 0.3 is 0 Å². The van der Waals surface area contributed by atoms with Crippen LogP contribution in [0, 0.1) is 0 Å². The minimum Gasteiger partial charge on any atom is -0.343 e. The molecule has 2 aromatic rings. The van der Waals surface area contributed by atoms with Gasteiger partial charge in [0.25, 0.3) is 11.8 Å². The Morgan fingerprint density at radius 1 is 1.00 bits per heavy atom. The Balaban J connectivity index is 1.83. The van der Waals surface area contributed by atoms with Gasteiger partial charge < -0.3 is 5.32 Å². The van der Waals surface area contributed by atoms with Crippen molar-refractivity contribution < 1.29 is 9.59 Å². The molecule has 0 heterocycles. The van der Waals surface area contributed by atoms with Gasteiger partial charge in [0.2, 0.25) is 0 Å². The van der Waals surface area contributed by atoms with Crippen LogP contribution >= 0.6 is 23.2 Å². The predicted octanol–water partition coefficient (Wildman–Crippen LogP) is 2.87. The number of hydrazone groups is 1. The SMILES string of the molecule is O=C(CNC(=O)c1ccccc1Cl)NN=Cc1ccccc1Cl. The number of amides is 2. The Bertz CT molecular complexity index is 748. The Morgan fingerprint density at radius 2 is 1.65 bits per heavy atom. The molecule has 5 nitrogen and oxygen atoms in total. The van der Waals surface area contributed by atoms with Gasteiger partial charge in [0, 0.05) is 10.6 Å². The molecule has 0 saturated carbocycles. The minimum absolute atomic E-state index is 0.218. The summed E-state index contributed by atoms with van der Waals surface area (Å²) >= 11 is 11.9. The summed E-state index contributed by atoms with van der Waals surface area (Å²) in [6.07, 6.45) is 1.43. The summed E-state index contributed by atoms with van der Waals surface area (Å²) in [4.78, 5) is 23.5. The van der Waals surface area contributed by atoms with Crippen molar-refractivity contribution in [1.82, 2.24) is 10.7 Å². The number of halogens is 2. The summed E-state index contributed by atoms with van der Waals surface area (Å²) in [5, 5.41) is 7.10. The van der Waals surface area contributed by atoms with Crippen LogP contribution in [0.15, 0.2) is 53.6 Å². The Hall–Kier alpha value is -2.37. The van der Waals surface area contributed by atoms with Crippen LogP contribution in [0.3, 0.4) is 0 Å². The highest BCUT2D eigenvalue weighted by atomic mass is 35.5. The molecule has 2 N–H and O–H groups in total. The number of hydrogen-bond donors (Lipinski definition) is 2. The second-order valence-electron chi connectivity index (χ2n) is 4.48. The summed E-state index contributed by atoms with van der Waals surface area (Å²) in [5.41, 5.74) is 3.29. The van der Waals surface area contributed by atoms with Crippen LogP contribution in [0.25, 0.3) is 0 Å². The second kappa shape index (κ2) is 8.31. The number of rotatable bonds is 5. The van der Waals surface area contributed by atoms with E-state index in [4.69, 9.17) is 23.2 Å². The van der Waals surface area contributed by atoms with E-state index in [1.807, 2.05) is 0 Å². The number of nitrogens with zero attached hydrogens (tertiary/aromatic N) is 1. The summed E-state index contributed by atoms with van der Waals surface area (Å²) < 4.78 is 0. The van der Waals surface area contributed by atoms with Crippen molar-refractivity contribution in [3.05, 3.63) is 69.7 Å². The molecule has 0 saturated heterocycles. The van der Waals surface area contributed by atoms with Gasteiger partial charge in [0.1, 0.15) is 0 Å². The lowest BCUT2D eigenvalue weighted by Gasteiger charge is -2.05.